The Bertz CT molecular complexity index is 127. The number of carboxylic acid groups (broad SMARTS) is 1. The molecule has 0 spiro atoms. The third kappa shape index (κ3) is 5.76. The van der Waals surface area contributed by atoms with Crippen molar-refractivity contribution in [1.29, 1.82) is 0 Å². The van der Waals surface area contributed by atoms with E-state index < -0.39 is 12.3 Å². The molecule has 3 heteroatoms. The van der Waals surface area contributed by atoms with E-state index in [1.165, 1.54) is 0 Å². The van der Waals surface area contributed by atoms with E-state index in [9.17, 15) is 4.79 Å². The van der Waals surface area contributed by atoms with E-state index in [-0.39, 0.29) is 6.42 Å². The van der Waals surface area contributed by atoms with Gasteiger partial charge < -0.3 is 5.11 Å². The van der Waals surface area contributed by atoms with E-state index in [1.54, 1.807) is 0 Å². The summed E-state index contributed by atoms with van der Waals surface area (Å²) in [5.74, 6) is -1.12. The second-order valence-electron chi connectivity index (χ2n) is 1.27. The quantitative estimate of drug-likeness (QED) is 0.598. The Balaban J connectivity index is 3.75. The van der Waals surface area contributed by atoms with E-state index >= 15 is 0 Å². The van der Waals surface area contributed by atoms with Gasteiger partial charge in [0, 0.05) is 15.0 Å². The first-order valence-electron chi connectivity index (χ1n) is 3.30. The number of rotatable bonds is 4. The molecule has 0 aliphatic heterocycles. The van der Waals surface area contributed by atoms with Gasteiger partial charge in [0.1, 0.15) is 0 Å². The first-order valence-corrected chi connectivity index (χ1v) is 2.83. The summed E-state index contributed by atoms with van der Waals surface area (Å²) < 4.78 is 13.8. The normalized spacial score (nSPS) is 14.6. The molecule has 0 aromatic rings. The summed E-state index contributed by atoms with van der Waals surface area (Å²) in [6, 6.07) is 0. The van der Waals surface area contributed by atoms with Crippen LogP contribution in [0.3, 0.4) is 0 Å². The predicted octanol–water partition coefficient (Wildman–Crippen LogP) is 1.48. The van der Waals surface area contributed by atoms with Gasteiger partial charge in [-0.25, -0.2) is 0 Å². The monoisotopic (exact) mass is 138 g/mol. The average Bonchev–Trinajstić information content (AvgIpc) is 1.84. The molecule has 0 heterocycles. The number of carbonyl (C=O) groups is 1. The van der Waals surface area contributed by atoms with Gasteiger partial charge in [-0.2, -0.15) is 0 Å². The average molecular weight is 139 g/mol. The molecule has 0 aliphatic rings. The van der Waals surface area contributed by atoms with Crippen molar-refractivity contribution in [2.45, 2.75) is 19.2 Å². The molecule has 0 saturated heterocycles. The maximum Gasteiger partial charge on any atom is 0.303 e. The summed E-state index contributed by atoms with van der Waals surface area (Å²) in [6.07, 6.45) is -1.75. The van der Waals surface area contributed by atoms with Gasteiger partial charge in [-0.15, -0.1) is 11.6 Å². The van der Waals surface area contributed by atoms with Crippen LogP contribution >= 0.6 is 11.6 Å². The second-order valence-corrected chi connectivity index (χ2v) is 1.65. The molecule has 0 aliphatic carbocycles. The second kappa shape index (κ2) is 4.91. The largest absolute Gasteiger partial charge is 0.481 e. The molecule has 0 unspecified atom stereocenters. The fourth-order valence-electron chi connectivity index (χ4n) is 0.262. The summed E-state index contributed by atoms with van der Waals surface area (Å²) >= 11 is 5.25. The summed E-state index contributed by atoms with van der Waals surface area (Å²) in [5, 5.41) is 8.25. The molecule has 48 valence electrons. The van der Waals surface area contributed by atoms with Crippen LogP contribution < -0.4 is 0 Å². The smallest absolute Gasteiger partial charge is 0.303 e. The highest BCUT2D eigenvalue weighted by Gasteiger charge is 1.93. The molecule has 0 amide bonds. The Morgan fingerprint density at radius 1 is 1.75 bits per heavy atom. The molecule has 0 aromatic carbocycles. The van der Waals surface area contributed by atoms with Crippen molar-refractivity contribution >= 4 is 17.6 Å². The third-order valence-electron chi connectivity index (χ3n) is 0.587. The van der Waals surface area contributed by atoms with Crippen LogP contribution in [0, 0.1) is 0 Å². The van der Waals surface area contributed by atoms with Crippen molar-refractivity contribution in [2.75, 3.05) is 5.88 Å². The molecule has 0 aromatic heterocycles. The maximum absolute atomic E-state index is 10.1. The summed E-state index contributed by atoms with van der Waals surface area (Å²) in [5.41, 5.74) is 0. The van der Waals surface area contributed by atoms with Crippen molar-refractivity contribution in [3.05, 3.63) is 0 Å². The maximum atomic E-state index is 10.1. The molecule has 0 saturated carbocycles. The highest BCUT2D eigenvalue weighted by atomic mass is 35.5. The van der Waals surface area contributed by atoms with Crippen molar-refractivity contribution in [3.63, 3.8) is 0 Å². The van der Waals surface area contributed by atoms with Gasteiger partial charge in [0.2, 0.25) is 0 Å². The van der Waals surface area contributed by atoms with Crippen LogP contribution in [0.1, 0.15) is 22.0 Å². The van der Waals surface area contributed by atoms with Gasteiger partial charge in [-0.05, 0) is 12.8 Å². The van der Waals surface area contributed by atoms with Crippen molar-refractivity contribution in [3.8, 4) is 0 Å². The Hall–Kier alpha value is -0.240. The fourth-order valence-corrected chi connectivity index (χ4v) is 0.396. The fraction of sp³-hybridized carbons (Fsp3) is 0.800. The Morgan fingerprint density at radius 2 is 2.38 bits per heavy atom. The van der Waals surface area contributed by atoms with Crippen LogP contribution in [0.25, 0.3) is 0 Å². The van der Waals surface area contributed by atoms with Crippen LogP contribution in [0.2, 0.25) is 0 Å². The van der Waals surface area contributed by atoms with E-state index in [0.717, 1.165) is 0 Å². The lowest BCUT2D eigenvalue weighted by Gasteiger charge is -1.88. The lowest BCUT2D eigenvalue weighted by molar-refractivity contribution is -0.137. The van der Waals surface area contributed by atoms with E-state index in [0.29, 0.717) is 12.3 Å². The third-order valence-corrected chi connectivity index (χ3v) is 0.854. The molecule has 0 fully saturated rings. The predicted molar refractivity (Wildman–Crippen MR) is 32.2 cm³/mol. The first-order chi connectivity index (χ1) is 4.50. The topological polar surface area (TPSA) is 37.3 Å². The Kier molecular flexibility index (Phi) is 2.84. The molecular formula is C5H9ClO2. The Labute approximate surface area is 56.3 Å². The summed E-state index contributed by atoms with van der Waals surface area (Å²) in [6.45, 7) is 0. The minimum Gasteiger partial charge on any atom is -0.481 e. The molecule has 8 heavy (non-hydrogen) atoms. The van der Waals surface area contributed by atoms with Crippen LogP contribution in [0.4, 0.5) is 0 Å². The van der Waals surface area contributed by atoms with Gasteiger partial charge >= 0.3 is 5.97 Å². The van der Waals surface area contributed by atoms with Crippen molar-refractivity contribution < 1.29 is 12.6 Å². The Morgan fingerprint density at radius 3 is 2.75 bits per heavy atom. The molecule has 0 radical (unpaired) electrons. The van der Waals surface area contributed by atoms with Crippen LogP contribution in [-0.2, 0) is 4.79 Å². The first kappa shape index (κ1) is 4.62. The van der Waals surface area contributed by atoms with Crippen LogP contribution in [-0.4, -0.2) is 17.0 Å². The number of alkyl halides is 1. The zero-order chi connectivity index (χ0) is 8.20. The molecule has 0 atom stereocenters. The molecule has 0 rings (SSSR count). The standard InChI is InChI=1S/C5H9ClO2/c6-4-2-1-3-5(7)8/h1-4H2,(H,7,8)/i3D2. The van der Waals surface area contributed by atoms with Crippen LogP contribution in [0.15, 0.2) is 0 Å². The summed E-state index contributed by atoms with van der Waals surface area (Å²) in [4.78, 5) is 10.1. The molecular weight excluding hydrogens is 128 g/mol. The zero-order valence-corrected chi connectivity index (χ0v) is 5.11. The lowest BCUT2D eigenvalue weighted by Crippen LogP contribution is -1.93. The number of halogens is 1. The highest BCUT2D eigenvalue weighted by Crippen LogP contribution is 1.95. The number of aliphatic carboxylic acids is 1. The minimum absolute atomic E-state index is 0.0220. The van der Waals surface area contributed by atoms with E-state index in [2.05, 4.69) is 0 Å². The molecule has 0 bridgehead atoms. The van der Waals surface area contributed by atoms with Gasteiger partial charge in [-0.1, -0.05) is 0 Å². The zero-order valence-electron chi connectivity index (χ0n) is 6.35. The van der Waals surface area contributed by atoms with Crippen LogP contribution in [0.5, 0.6) is 0 Å². The minimum atomic E-state index is -2.12. The number of hydrogen-bond acceptors (Lipinski definition) is 1. The highest BCUT2D eigenvalue weighted by molar-refractivity contribution is 6.17. The van der Waals surface area contributed by atoms with E-state index in [4.69, 9.17) is 19.4 Å². The summed E-state index contributed by atoms with van der Waals surface area (Å²) in [7, 11) is 0. The van der Waals surface area contributed by atoms with E-state index in [1.807, 2.05) is 0 Å². The molecule has 1 N–H and O–H groups in total. The number of carboxylic acids is 1. The SMILES string of the molecule is [2H]C([2H])(CCCCl)C(=O)O. The van der Waals surface area contributed by atoms with Gasteiger partial charge in [-0.3, -0.25) is 4.79 Å². The van der Waals surface area contributed by atoms with Gasteiger partial charge in [0.15, 0.2) is 0 Å². The number of hydrogen-bond donors (Lipinski definition) is 1. The van der Waals surface area contributed by atoms with Crippen molar-refractivity contribution in [1.82, 2.24) is 0 Å². The molecule has 2 nitrogen and oxygen atoms in total. The van der Waals surface area contributed by atoms with Crippen molar-refractivity contribution in [2.24, 2.45) is 0 Å². The van der Waals surface area contributed by atoms with Gasteiger partial charge in [0.05, 0.1) is 0 Å². The van der Waals surface area contributed by atoms with Gasteiger partial charge in [0.25, 0.3) is 0 Å². The lowest BCUT2D eigenvalue weighted by atomic mass is 10.3.